The van der Waals surface area contributed by atoms with Crippen molar-refractivity contribution in [3.8, 4) is 0 Å². The molecule has 0 aromatic heterocycles. The quantitative estimate of drug-likeness (QED) is 0.144. The Bertz CT molecular complexity index is 1870. The van der Waals surface area contributed by atoms with Crippen molar-refractivity contribution in [2.45, 2.75) is 25.3 Å². The number of fused-ring (bicyclic) bond motifs is 6. The summed E-state index contributed by atoms with van der Waals surface area (Å²) in [5.74, 6) is 0.437. The number of rotatable bonds is 2. The second kappa shape index (κ2) is 9.12. The van der Waals surface area contributed by atoms with Crippen LogP contribution in [0.15, 0.2) is 139 Å². The Balaban J connectivity index is 1.17. The Morgan fingerprint density at radius 1 is 0.738 bits per heavy atom. The lowest BCUT2D eigenvalue weighted by atomic mass is 9.56. The molecular formula is C39H31NO2. The highest BCUT2D eigenvalue weighted by atomic mass is 16.2. The van der Waals surface area contributed by atoms with E-state index in [2.05, 4.69) is 104 Å². The fourth-order valence-corrected chi connectivity index (χ4v) is 7.90. The van der Waals surface area contributed by atoms with E-state index in [1.54, 1.807) is 6.08 Å². The fourth-order valence-electron chi connectivity index (χ4n) is 7.90. The number of carbonyl (C=O) groups excluding carboxylic acids is 2. The molecule has 4 unspecified atom stereocenters. The molecule has 0 saturated carbocycles. The van der Waals surface area contributed by atoms with Crippen LogP contribution in [-0.2, 0) is 5.41 Å². The SMILES string of the molecule is CC1(C)c2ccccc2N(c2ccccc2)C2C=CC3C=C(C=C4C(=O)c5cc6ccccc6cc5C4=O)C=CC3C21. The summed E-state index contributed by atoms with van der Waals surface area (Å²) in [6.07, 6.45) is 13.2. The first-order valence-electron chi connectivity index (χ1n) is 14.8. The van der Waals surface area contributed by atoms with Crippen LogP contribution in [0.5, 0.6) is 0 Å². The first-order valence-corrected chi connectivity index (χ1v) is 14.8. The molecule has 4 aromatic rings. The van der Waals surface area contributed by atoms with Gasteiger partial charge < -0.3 is 4.90 Å². The summed E-state index contributed by atoms with van der Waals surface area (Å²) in [4.78, 5) is 29.3. The van der Waals surface area contributed by atoms with Crippen molar-refractivity contribution in [1.29, 1.82) is 0 Å². The molecule has 3 aliphatic carbocycles. The summed E-state index contributed by atoms with van der Waals surface area (Å²) in [6, 6.07) is 31.3. The first kappa shape index (κ1) is 25.0. The van der Waals surface area contributed by atoms with Crippen LogP contribution < -0.4 is 4.90 Å². The highest BCUT2D eigenvalue weighted by molar-refractivity contribution is 6.40. The van der Waals surface area contributed by atoms with Gasteiger partial charge in [-0.1, -0.05) is 105 Å². The third kappa shape index (κ3) is 3.59. The van der Waals surface area contributed by atoms with Crippen LogP contribution >= 0.6 is 0 Å². The van der Waals surface area contributed by atoms with Crippen LogP contribution in [0.3, 0.4) is 0 Å². The van der Waals surface area contributed by atoms with E-state index in [4.69, 9.17) is 0 Å². The third-order valence-electron chi connectivity index (χ3n) is 9.85. The van der Waals surface area contributed by atoms with Crippen LogP contribution in [0.25, 0.3) is 10.8 Å². The molecule has 42 heavy (non-hydrogen) atoms. The number of hydrogen-bond donors (Lipinski definition) is 0. The van der Waals surface area contributed by atoms with Crippen molar-refractivity contribution < 1.29 is 9.59 Å². The number of carbonyl (C=O) groups is 2. The van der Waals surface area contributed by atoms with Crippen LogP contribution in [0.1, 0.15) is 40.1 Å². The summed E-state index contributed by atoms with van der Waals surface area (Å²) in [5, 5.41) is 1.95. The minimum absolute atomic E-state index is 0.0601. The van der Waals surface area contributed by atoms with Gasteiger partial charge in [-0.05, 0) is 75.6 Å². The van der Waals surface area contributed by atoms with Gasteiger partial charge in [0.15, 0.2) is 11.6 Å². The molecular weight excluding hydrogens is 514 g/mol. The molecule has 0 bridgehead atoms. The fraction of sp³-hybridized carbons (Fsp3) is 0.179. The Morgan fingerprint density at radius 3 is 2.10 bits per heavy atom. The van der Waals surface area contributed by atoms with E-state index in [9.17, 15) is 9.59 Å². The van der Waals surface area contributed by atoms with Gasteiger partial charge in [0.2, 0.25) is 0 Å². The smallest absolute Gasteiger partial charge is 0.197 e. The maximum atomic E-state index is 13.4. The third-order valence-corrected chi connectivity index (χ3v) is 9.85. The van der Waals surface area contributed by atoms with Gasteiger partial charge in [-0.15, -0.1) is 0 Å². The van der Waals surface area contributed by atoms with Crippen molar-refractivity contribution in [2.24, 2.45) is 17.8 Å². The van der Waals surface area contributed by atoms with Gasteiger partial charge in [0.25, 0.3) is 0 Å². The number of para-hydroxylation sites is 2. The summed E-state index contributed by atoms with van der Waals surface area (Å²) in [5.41, 5.74) is 5.96. The van der Waals surface area contributed by atoms with E-state index < -0.39 is 0 Å². The number of ketones is 2. The van der Waals surface area contributed by atoms with Gasteiger partial charge in [-0.25, -0.2) is 0 Å². The maximum absolute atomic E-state index is 13.4. The topological polar surface area (TPSA) is 37.4 Å². The average molecular weight is 546 g/mol. The lowest BCUT2D eigenvalue weighted by molar-refractivity contribution is 0.0988. The van der Waals surface area contributed by atoms with E-state index in [-0.39, 0.29) is 40.4 Å². The number of Topliss-reactive ketones (excluding diaryl/α,β-unsaturated/α-hetero) is 2. The predicted molar refractivity (Wildman–Crippen MR) is 169 cm³/mol. The van der Waals surface area contributed by atoms with Crippen LogP contribution in [0, 0.1) is 17.8 Å². The van der Waals surface area contributed by atoms with E-state index in [0.29, 0.717) is 17.0 Å². The molecule has 1 aliphatic heterocycles. The van der Waals surface area contributed by atoms with E-state index in [1.165, 1.54) is 16.9 Å². The van der Waals surface area contributed by atoms with Crippen molar-refractivity contribution in [3.05, 3.63) is 155 Å². The zero-order valence-corrected chi connectivity index (χ0v) is 23.7. The van der Waals surface area contributed by atoms with Gasteiger partial charge in [0.05, 0.1) is 11.6 Å². The van der Waals surface area contributed by atoms with Gasteiger partial charge in [-0.3, -0.25) is 9.59 Å². The summed E-state index contributed by atoms with van der Waals surface area (Å²) in [6.45, 7) is 4.77. The zero-order chi connectivity index (χ0) is 28.6. The van der Waals surface area contributed by atoms with E-state index in [1.807, 2.05) is 36.4 Å². The molecule has 204 valence electrons. The minimum atomic E-state index is -0.181. The molecule has 3 nitrogen and oxygen atoms in total. The number of nitrogens with zero attached hydrogens (tertiary/aromatic N) is 1. The highest BCUT2D eigenvalue weighted by Gasteiger charge is 2.51. The monoisotopic (exact) mass is 545 g/mol. The summed E-state index contributed by atoms with van der Waals surface area (Å²) < 4.78 is 0. The van der Waals surface area contributed by atoms with Crippen molar-refractivity contribution in [3.63, 3.8) is 0 Å². The predicted octanol–water partition coefficient (Wildman–Crippen LogP) is 8.56. The van der Waals surface area contributed by atoms with Crippen LogP contribution in [0.4, 0.5) is 11.4 Å². The number of allylic oxidation sites excluding steroid dienone is 7. The molecule has 3 heteroatoms. The lowest BCUT2D eigenvalue weighted by Crippen LogP contribution is -2.55. The second-order valence-corrected chi connectivity index (χ2v) is 12.5. The Kier molecular flexibility index (Phi) is 5.43. The Labute approximate surface area is 246 Å². The molecule has 0 saturated heterocycles. The largest absolute Gasteiger partial charge is 0.334 e. The standard InChI is InChI=1S/C39H31NO2/c1-39(2)33-14-8-9-15-34(33)40(28-12-4-3-5-13-28)35-19-17-27-20-24(16-18-29(27)36(35)39)21-32-37(41)30-22-25-10-6-7-11-26(25)23-31(30)38(32)42/h3-23,27,29,35-36H,1-2H3. The van der Waals surface area contributed by atoms with Crippen molar-refractivity contribution in [2.75, 3.05) is 4.90 Å². The van der Waals surface area contributed by atoms with Gasteiger partial charge in [0.1, 0.15) is 0 Å². The lowest BCUT2D eigenvalue weighted by Gasteiger charge is -2.56. The minimum Gasteiger partial charge on any atom is -0.334 e. The van der Waals surface area contributed by atoms with Crippen molar-refractivity contribution in [1.82, 2.24) is 0 Å². The molecule has 4 aromatic carbocycles. The highest BCUT2D eigenvalue weighted by Crippen LogP contribution is 2.55. The molecule has 0 fully saturated rings. The van der Waals surface area contributed by atoms with Gasteiger partial charge in [0, 0.05) is 28.4 Å². The zero-order valence-electron chi connectivity index (χ0n) is 23.7. The van der Waals surface area contributed by atoms with Gasteiger partial charge in [-0.2, -0.15) is 0 Å². The molecule has 0 spiro atoms. The number of anilines is 2. The van der Waals surface area contributed by atoms with E-state index >= 15 is 0 Å². The normalized spacial score (nSPS) is 25.0. The molecule has 8 rings (SSSR count). The van der Waals surface area contributed by atoms with Crippen LogP contribution in [0.2, 0.25) is 0 Å². The average Bonchev–Trinajstić information content (AvgIpc) is 3.24. The van der Waals surface area contributed by atoms with Crippen LogP contribution in [-0.4, -0.2) is 17.6 Å². The van der Waals surface area contributed by atoms with E-state index in [0.717, 1.165) is 16.3 Å². The Morgan fingerprint density at radius 2 is 1.38 bits per heavy atom. The Hall–Kier alpha value is -4.76. The molecule has 0 radical (unpaired) electrons. The second-order valence-electron chi connectivity index (χ2n) is 12.5. The summed E-state index contributed by atoms with van der Waals surface area (Å²) >= 11 is 0. The first-order chi connectivity index (χ1) is 20.4. The molecule has 0 amide bonds. The molecule has 1 heterocycles. The number of benzene rings is 4. The molecule has 0 N–H and O–H groups in total. The number of hydrogen-bond acceptors (Lipinski definition) is 3. The summed E-state index contributed by atoms with van der Waals surface area (Å²) in [7, 11) is 0. The van der Waals surface area contributed by atoms with Gasteiger partial charge >= 0.3 is 0 Å². The maximum Gasteiger partial charge on any atom is 0.197 e. The van der Waals surface area contributed by atoms with Crippen molar-refractivity contribution >= 4 is 33.7 Å². The molecule has 4 atom stereocenters. The molecule has 4 aliphatic rings.